The van der Waals surface area contributed by atoms with E-state index in [1.807, 2.05) is 0 Å². The Bertz CT molecular complexity index is 322. The van der Waals surface area contributed by atoms with Crippen molar-refractivity contribution in [3.63, 3.8) is 0 Å². The van der Waals surface area contributed by atoms with Crippen molar-refractivity contribution in [1.29, 1.82) is 0 Å². The van der Waals surface area contributed by atoms with Crippen LogP contribution in [0.2, 0.25) is 0 Å². The summed E-state index contributed by atoms with van der Waals surface area (Å²) in [5.74, 6) is -0.267. The Morgan fingerprint density at radius 3 is 2.77 bits per heavy atom. The molecule has 2 N–H and O–H groups in total. The fourth-order valence-corrected chi connectivity index (χ4v) is 0.826. The van der Waals surface area contributed by atoms with Gasteiger partial charge in [0.2, 0.25) is 6.29 Å². The third-order valence-corrected chi connectivity index (χ3v) is 1.37. The molecular weight excluding hydrogens is 170 g/mol. The van der Waals surface area contributed by atoms with Crippen LogP contribution in [0.4, 0.5) is 0 Å². The monoisotopic (exact) mass is 178 g/mol. The highest BCUT2D eigenvalue weighted by molar-refractivity contribution is 5.80. The summed E-state index contributed by atoms with van der Waals surface area (Å²) in [6.07, 6.45) is 1.69. The van der Waals surface area contributed by atoms with Crippen LogP contribution in [0.5, 0.6) is 5.75 Å². The smallest absolute Gasteiger partial charge is 0.255 e. The standard InChI is InChI=1S/C9H8NO3/c10-9(12)6-13-8-4-2-1-3-7(8)5-11/h1-4H,6H2,(H2,10,12). The van der Waals surface area contributed by atoms with E-state index >= 15 is 0 Å². The van der Waals surface area contributed by atoms with Crippen molar-refractivity contribution in [3.05, 3.63) is 29.8 Å². The Morgan fingerprint density at radius 2 is 2.15 bits per heavy atom. The summed E-state index contributed by atoms with van der Waals surface area (Å²) in [5, 5.41) is 0. The molecule has 4 heteroatoms. The SMILES string of the molecule is NC(=O)COc1ccccc1[C]=O. The van der Waals surface area contributed by atoms with Gasteiger partial charge in [0.25, 0.3) is 5.91 Å². The number of ether oxygens (including phenoxy) is 1. The number of nitrogens with two attached hydrogens (primary N) is 1. The Balaban J connectivity index is 2.75. The molecule has 67 valence electrons. The van der Waals surface area contributed by atoms with E-state index in [1.54, 1.807) is 30.6 Å². The Kier molecular flexibility index (Phi) is 3.03. The Labute approximate surface area is 75.3 Å². The maximum absolute atomic E-state index is 10.4. The van der Waals surface area contributed by atoms with Crippen molar-refractivity contribution < 1.29 is 14.3 Å². The van der Waals surface area contributed by atoms with Crippen molar-refractivity contribution in [2.75, 3.05) is 6.61 Å². The average molecular weight is 178 g/mol. The predicted molar refractivity (Wildman–Crippen MR) is 45.9 cm³/mol. The van der Waals surface area contributed by atoms with E-state index in [9.17, 15) is 9.59 Å². The number of hydrogen-bond acceptors (Lipinski definition) is 3. The molecule has 0 saturated carbocycles. The minimum absolute atomic E-state index is 0.237. The molecule has 13 heavy (non-hydrogen) atoms. The van der Waals surface area contributed by atoms with Crippen LogP contribution < -0.4 is 10.5 Å². The lowest BCUT2D eigenvalue weighted by molar-refractivity contribution is -0.119. The second-order valence-corrected chi connectivity index (χ2v) is 2.35. The normalized spacial score (nSPS) is 9.23. The van der Waals surface area contributed by atoms with Gasteiger partial charge in [-0.25, -0.2) is 0 Å². The molecule has 0 atom stereocenters. The zero-order chi connectivity index (χ0) is 9.68. The number of amides is 1. The first-order valence-electron chi connectivity index (χ1n) is 3.62. The van der Waals surface area contributed by atoms with Gasteiger partial charge in [-0.15, -0.1) is 0 Å². The van der Waals surface area contributed by atoms with E-state index in [4.69, 9.17) is 10.5 Å². The molecule has 1 amide bonds. The predicted octanol–water partition coefficient (Wildman–Crippen LogP) is 0.00850. The number of hydrogen-bond donors (Lipinski definition) is 1. The van der Waals surface area contributed by atoms with Gasteiger partial charge in [0, 0.05) is 0 Å². The molecule has 1 radical (unpaired) electrons. The number of benzene rings is 1. The fraction of sp³-hybridized carbons (Fsp3) is 0.111. The molecule has 0 heterocycles. The highest BCUT2D eigenvalue weighted by Gasteiger charge is 2.03. The van der Waals surface area contributed by atoms with E-state index < -0.39 is 5.91 Å². The van der Waals surface area contributed by atoms with Gasteiger partial charge in [0.1, 0.15) is 5.75 Å². The summed E-state index contributed by atoms with van der Waals surface area (Å²) in [7, 11) is 0. The van der Waals surface area contributed by atoms with Crippen LogP contribution in [0.3, 0.4) is 0 Å². The van der Waals surface area contributed by atoms with Gasteiger partial charge in [-0.1, -0.05) is 12.1 Å². The van der Waals surface area contributed by atoms with Gasteiger partial charge in [0.15, 0.2) is 6.61 Å². The molecule has 1 aromatic rings. The van der Waals surface area contributed by atoms with Gasteiger partial charge in [-0.3, -0.25) is 9.59 Å². The molecule has 4 nitrogen and oxygen atoms in total. The van der Waals surface area contributed by atoms with E-state index in [-0.39, 0.29) is 12.2 Å². The minimum atomic E-state index is -0.583. The summed E-state index contributed by atoms with van der Waals surface area (Å²) in [4.78, 5) is 20.7. The molecule has 1 rings (SSSR count). The molecule has 0 fully saturated rings. The lowest BCUT2D eigenvalue weighted by atomic mass is 10.2. The molecule has 0 aliphatic carbocycles. The van der Waals surface area contributed by atoms with Crippen LogP contribution in [0.15, 0.2) is 24.3 Å². The van der Waals surface area contributed by atoms with Crippen molar-refractivity contribution in [1.82, 2.24) is 0 Å². The van der Waals surface area contributed by atoms with Crippen molar-refractivity contribution in [3.8, 4) is 5.75 Å². The third-order valence-electron chi connectivity index (χ3n) is 1.37. The fourth-order valence-electron chi connectivity index (χ4n) is 0.826. The first kappa shape index (κ1) is 9.25. The van der Waals surface area contributed by atoms with Gasteiger partial charge in [-0.05, 0) is 12.1 Å². The number of carbonyl (C=O) groups excluding carboxylic acids is 2. The summed E-state index contributed by atoms with van der Waals surface area (Å²) < 4.78 is 4.95. The largest absolute Gasteiger partial charge is 0.483 e. The van der Waals surface area contributed by atoms with Crippen LogP contribution in [0.25, 0.3) is 0 Å². The quantitative estimate of drug-likeness (QED) is 0.706. The Morgan fingerprint density at radius 1 is 1.46 bits per heavy atom. The van der Waals surface area contributed by atoms with Crippen molar-refractivity contribution >= 4 is 12.2 Å². The second kappa shape index (κ2) is 4.25. The number of primary amides is 1. The van der Waals surface area contributed by atoms with Crippen LogP contribution in [-0.2, 0) is 9.59 Å². The molecule has 0 unspecified atom stereocenters. The average Bonchev–Trinajstić information content (AvgIpc) is 2.15. The highest BCUT2D eigenvalue weighted by atomic mass is 16.5. The highest BCUT2D eigenvalue weighted by Crippen LogP contribution is 2.14. The van der Waals surface area contributed by atoms with Crippen LogP contribution in [0.1, 0.15) is 5.56 Å². The minimum Gasteiger partial charge on any atom is -0.483 e. The van der Waals surface area contributed by atoms with Crippen LogP contribution in [0, 0.1) is 0 Å². The summed E-state index contributed by atoms with van der Waals surface area (Å²) in [6.45, 7) is -0.237. The van der Waals surface area contributed by atoms with E-state index in [0.717, 1.165) is 0 Å². The zero-order valence-corrected chi connectivity index (χ0v) is 6.82. The zero-order valence-electron chi connectivity index (χ0n) is 6.82. The topological polar surface area (TPSA) is 69.4 Å². The summed E-state index contributed by atoms with van der Waals surface area (Å²) in [6, 6.07) is 6.49. The van der Waals surface area contributed by atoms with Crippen LogP contribution >= 0.6 is 0 Å². The van der Waals surface area contributed by atoms with Gasteiger partial charge < -0.3 is 10.5 Å². The summed E-state index contributed by atoms with van der Waals surface area (Å²) in [5.41, 5.74) is 5.15. The summed E-state index contributed by atoms with van der Waals surface area (Å²) >= 11 is 0. The van der Waals surface area contributed by atoms with E-state index in [0.29, 0.717) is 5.75 Å². The first-order valence-corrected chi connectivity index (χ1v) is 3.62. The lowest BCUT2D eigenvalue weighted by Gasteiger charge is -2.04. The molecular formula is C9H8NO3. The lowest BCUT2D eigenvalue weighted by Crippen LogP contribution is -2.20. The van der Waals surface area contributed by atoms with Gasteiger partial charge in [-0.2, -0.15) is 0 Å². The van der Waals surface area contributed by atoms with Gasteiger partial charge in [0.05, 0.1) is 5.56 Å². The number of carbonyl (C=O) groups is 1. The van der Waals surface area contributed by atoms with Crippen LogP contribution in [-0.4, -0.2) is 18.8 Å². The third kappa shape index (κ3) is 2.59. The maximum Gasteiger partial charge on any atom is 0.255 e. The molecule has 0 aliphatic heterocycles. The molecule has 0 aromatic heterocycles. The molecule has 1 aromatic carbocycles. The van der Waals surface area contributed by atoms with E-state index in [1.165, 1.54) is 0 Å². The van der Waals surface area contributed by atoms with E-state index in [2.05, 4.69) is 0 Å². The molecule has 0 aliphatic rings. The van der Waals surface area contributed by atoms with Gasteiger partial charge >= 0.3 is 0 Å². The molecule has 0 spiro atoms. The molecule has 0 bridgehead atoms. The first-order chi connectivity index (χ1) is 6.24. The number of rotatable bonds is 4. The number of para-hydroxylation sites is 1. The second-order valence-electron chi connectivity index (χ2n) is 2.35. The van der Waals surface area contributed by atoms with Crippen molar-refractivity contribution in [2.24, 2.45) is 5.73 Å². The Hall–Kier alpha value is -1.84. The van der Waals surface area contributed by atoms with Crippen molar-refractivity contribution in [2.45, 2.75) is 0 Å². The molecule has 0 saturated heterocycles. The maximum atomic E-state index is 10.4.